The van der Waals surface area contributed by atoms with Crippen molar-refractivity contribution in [3.05, 3.63) is 58.9 Å². The molecule has 0 spiro atoms. The quantitative estimate of drug-likeness (QED) is 0.914. The molecule has 2 N–H and O–H groups in total. The third-order valence-electron chi connectivity index (χ3n) is 3.44. The van der Waals surface area contributed by atoms with Gasteiger partial charge < -0.3 is 10.6 Å². The largest absolute Gasteiger partial charge is 0.365 e. The molecule has 108 valence electrons. The molecule has 4 nitrogen and oxygen atoms in total. The fourth-order valence-corrected chi connectivity index (χ4v) is 2.33. The first-order valence-electron chi connectivity index (χ1n) is 7.08. The van der Waals surface area contributed by atoms with E-state index in [2.05, 4.69) is 22.9 Å². The molecule has 2 rings (SSSR count). The summed E-state index contributed by atoms with van der Waals surface area (Å²) in [5.74, 6) is 0. The third-order valence-corrected chi connectivity index (χ3v) is 3.44. The van der Waals surface area contributed by atoms with Crippen molar-refractivity contribution in [2.75, 3.05) is 11.4 Å². The van der Waals surface area contributed by atoms with Crippen molar-refractivity contribution in [3.63, 3.8) is 0 Å². The van der Waals surface area contributed by atoms with Crippen molar-refractivity contribution >= 4 is 5.69 Å². The molecular formula is C17H20N4. The number of hydrogen-bond donors (Lipinski definition) is 1. The van der Waals surface area contributed by atoms with Crippen molar-refractivity contribution < 1.29 is 0 Å². The maximum atomic E-state index is 9.36. The van der Waals surface area contributed by atoms with E-state index < -0.39 is 0 Å². The van der Waals surface area contributed by atoms with Gasteiger partial charge in [-0.1, -0.05) is 12.1 Å². The van der Waals surface area contributed by atoms with Gasteiger partial charge in [-0.05, 0) is 43.7 Å². The van der Waals surface area contributed by atoms with E-state index in [9.17, 15) is 5.26 Å². The molecule has 21 heavy (non-hydrogen) atoms. The number of aryl methyl sites for hydroxylation is 1. The van der Waals surface area contributed by atoms with Crippen LogP contribution < -0.4 is 10.6 Å². The number of nitrogens with two attached hydrogens (primary N) is 1. The number of benzene rings is 1. The number of nitriles is 1. The van der Waals surface area contributed by atoms with Crippen LogP contribution in [0.1, 0.15) is 29.4 Å². The van der Waals surface area contributed by atoms with E-state index in [0.717, 1.165) is 29.2 Å². The molecule has 2 aromatic rings. The van der Waals surface area contributed by atoms with Crippen LogP contribution in [0.25, 0.3) is 0 Å². The molecule has 0 aliphatic carbocycles. The highest BCUT2D eigenvalue weighted by molar-refractivity contribution is 5.60. The molecule has 0 saturated carbocycles. The molecule has 0 aliphatic rings. The Kier molecular flexibility index (Phi) is 4.91. The fraction of sp³-hybridized carbons (Fsp3) is 0.294. The minimum absolute atomic E-state index is 0.445. The molecule has 0 saturated heterocycles. The molecule has 0 amide bonds. The van der Waals surface area contributed by atoms with Gasteiger partial charge in [0.2, 0.25) is 0 Å². The highest BCUT2D eigenvalue weighted by atomic mass is 15.1. The number of aromatic nitrogens is 1. The second-order valence-corrected chi connectivity index (χ2v) is 4.95. The Bertz CT molecular complexity index is 658. The van der Waals surface area contributed by atoms with E-state index in [4.69, 9.17) is 5.73 Å². The Morgan fingerprint density at radius 1 is 1.29 bits per heavy atom. The average Bonchev–Trinajstić information content (AvgIpc) is 2.52. The number of rotatable bonds is 5. The SMILES string of the molecule is CCN(Cc1cccc(C)n1)c1ccc(CN)cc1C#N. The lowest BCUT2D eigenvalue weighted by Crippen LogP contribution is -2.23. The van der Waals surface area contributed by atoms with Crippen LogP contribution in [0.4, 0.5) is 5.69 Å². The second-order valence-electron chi connectivity index (χ2n) is 4.95. The Morgan fingerprint density at radius 2 is 2.10 bits per heavy atom. The van der Waals surface area contributed by atoms with Crippen LogP contribution in [0.15, 0.2) is 36.4 Å². The number of anilines is 1. The van der Waals surface area contributed by atoms with Crippen molar-refractivity contribution in [3.8, 4) is 6.07 Å². The highest BCUT2D eigenvalue weighted by Crippen LogP contribution is 2.23. The Balaban J connectivity index is 2.31. The zero-order valence-corrected chi connectivity index (χ0v) is 12.5. The molecule has 1 aromatic heterocycles. The van der Waals surface area contributed by atoms with E-state index in [1.807, 2.05) is 43.3 Å². The smallest absolute Gasteiger partial charge is 0.101 e. The van der Waals surface area contributed by atoms with Gasteiger partial charge in [-0.25, -0.2) is 0 Å². The maximum Gasteiger partial charge on any atom is 0.101 e. The van der Waals surface area contributed by atoms with Crippen molar-refractivity contribution in [2.24, 2.45) is 5.73 Å². The summed E-state index contributed by atoms with van der Waals surface area (Å²) >= 11 is 0. The number of hydrogen-bond acceptors (Lipinski definition) is 4. The molecule has 1 aromatic carbocycles. The zero-order valence-electron chi connectivity index (χ0n) is 12.5. The minimum Gasteiger partial charge on any atom is -0.365 e. The molecular weight excluding hydrogens is 260 g/mol. The van der Waals surface area contributed by atoms with Gasteiger partial charge >= 0.3 is 0 Å². The van der Waals surface area contributed by atoms with E-state index in [-0.39, 0.29) is 0 Å². The molecule has 0 aliphatic heterocycles. The Hall–Kier alpha value is -2.38. The van der Waals surface area contributed by atoms with Gasteiger partial charge in [-0.2, -0.15) is 5.26 Å². The van der Waals surface area contributed by atoms with Gasteiger partial charge in [0.1, 0.15) is 6.07 Å². The summed E-state index contributed by atoms with van der Waals surface area (Å²) in [5, 5.41) is 9.36. The number of nitrogens with zero attached hydrogens (tertiary/aromatic N) is 3. The lowest BCUT2D eigenvalue weighted by atomic mass is 10.1. The third kappa shape index (κ3) is 3.59. The average molecular weight is 280 g/mol. The summed E-state index contributed by atoms with van der Waals surface area (Å²) in [6, 6.07) is 14.1. The first-order valence-corrected chi connectivity index (χ1v) is 7.08. The van der Waals surface area contributed by atoms with Crippen LogP contribution in [-0.4, -0.2) is 11.5 Å². The van der Waals surface area contributed by atoms with Crippen LogP contribution in [0, 0.1) is 18.3 Å². The lowest BCUT2D eigenvalue weighted by Gasteiger charge is -2.24. The van der Waals surface area contributed by atoms with Crippen LogP contribution >= 0.6 is 0 Å². The Labute approximate surface area is 125 Å². The molecule has 1 heterocycles. The summed E-state index contributed by atoms with van der Waals surface area (Å²) in [6.45, 7) is 6.01. The van der Waals surface area contributed by atoms with Gasteiger partial charge in [0.15, 0.2) is 0 Å². The summed E-state index contributed by atoms with van der Waals surface area (Å²) < 4.78 is 0. The van der Waals surface area contributed by atoms with E-state index in [1.54, 1.807) is 0 Å². The van der Waals surface area contributed by atoms with Crippen LogP contribution in [0.2, 0.25) is 0 Å². The van der Waals surface area contributed by atoms with Gasteiger partial charge in [0.25, 0.3) is 0 Å². The molecule has 4 heteroatoms. The molecule has 0 atom stereocenters. The highest BCUT2D eigenvalue weighted by Gasteiger charge is 2.11. The monoisotopic (exact) mass is 280 g/mol. The van der Waals surface area contributed by atoms with E-state index >= 15 is 0 Å². The molecule has 0 radical (unpaired) electrons. The fourth-order valence-electron chi connectivity index (χ4n) is 2.33. The predicted molar refractivity (Wildman–Crippen MR) is 84.7 cm³/mol. The topological polar surface area (TPSA) is 65.9 Å². The summed E-state index contributed by atoms with van der Waals surface area (Å²) in [5.41, 5.74) is 10.2. The minimum atomic E-state index is 0.445. The molecule has 0 unspecified atom stereocenters. The van der Waals surface area contributed by atoms with E-state index in [0.29, 0.717) is 18.7 Å². The molecule has 0 fully saturated rings. The lowest BCUT2D eigenvalue weighted by molar-refractivity contribution is 0.804. The predicted octanol–water partition coefficient (Wildman–Crippen LogP) is 2.75. The van der Waals surface area contributed by atoms with Crippen molar-refractivity contribution in [1.82, 2.24) is 4.98 Å². The zero-order chi connectivity index (χ0) is 15.2. The van der Waals surface area contributed by atoms with Crippen LogP contribution in [-0.2, 0) is 13.1 Å². The van der Waals surface area contributed by atoms with Crippen molar-refractivity contribution in [2.45, 2.75) is 26.9 Å². The normalized spacial score (nSPS) is 10.2. The standard InChI is InChI=1S/C17H20N4/c1-3-21(12-16-6-4-5-13(2)20-16)17-8-7-14(10-18)9-15(17)11-19/h4-9H,3,10,12,18H2,1-2H3. The summed E-state index contributed by atoms with van der Waals surface area (Å²) in [7, 11) is 0. The van der Waals surface area contributed by atoms with E-state index in [1.165, 1.54) is 0 Å². The van der Waals surface area contributed by atoms with Gasteiger partial charge in [-0.15, -0.1) is 0 Å². The van der Waals surface area contributed by atoms with Crippen molar-refractivity contribution in [1.29, 1.82) is 5.26 Å². The van der Waals surface area contributed by atoms with Crippen LogP contribution in [0.5, 0.6) is 0 Å². The van der Waals surface area contributed by atoms with Gasteiger partial charge in [-0.3, -0.25) is 4.98 Å². The first-order chi connectivity index (χ1) is 10.2. The summed E-state index contributed by atoms with van der Waals surface area (Å²) in [4.78, 5) is 6.68. The van der Waals surface area contributed by atoms with Crippen LogP contribution in [0.3, 0.4) is 0 Å². The first kappa shape index (κ1) is 15.0. The Morgan fingerprint density at radius 3 is 2.71 bits per heavy atom. The van der Waals surface area contributed by atoms with Gasteiger partial charge in [0, 0.05) is 18.8 Å². The maximum absolute atomic E-state index is 9.36. The summed E-state index contributed by atoms with van der Waals surface area (Å²) in [6.07, 6.45) is 0. The van der Waals surface area contributed by atoms with Gasteiger partial charge in [0.05, 0.1) is 23.5 Å². The second kappa shape index (κ2) is 6.87. The number of pyridine rings is 1. The molecule has 0 bridgehead atoms.